The molecule has 0 atom stereocenters. The highest BCUT2D eigenvalue weighted by Gasteiger charge is 2.14. The normalized spacial score (nSPS) is 10.7. The van der Waals surface area contributed by atoms with Crippen molar-refractivity contribution >= 4 is 5.69 Å². The largest absolute Gasteiger partial charge is 0.397 e. The van der Waals surface area contributed by atoms with Crippen LogP contribution in [0.5, 0.6) is 0 Å². The lowest BCUT2D eigenvalue weighted by molar-refractivity contribution is 0.802. The number of pyridine rings is 1. The Morgan fingerprint density at radius 1 is 1.27 bits per heavy atom. The molecule has 0 fully saturated rings. The minimum absolute atomic E-state index is 0.246. The summed E-state index contributed by atoms with van der Waals surface area (Å²) in [7, 11) is 0. The first kappa shape index (κ1) is 11.5. The number of nitrogens with zero attached hydrogens (tertiary/aromatic N) is 2. The average molecular weight is 203 g/mol. The fourth-order valence-electron chi connectivity index (χ4n) is 1.57. The Labute approximate surface area is 90.9 Å². The monoisotopic (exact) mass is 203 g/mol. The number of nitriles is 1. The molecule has 0 amide bonds. The molecule has 1 heterocycles. The third kappa shape index (κ3) is 2.27. The summed E-state index contributed by atoms with van der Waals surface area (Å²) in [5, 5.41) is 8.89. The molecule has 0 bridgehead atoms. The molecule has 0 unspecified atom stereocenters. The Balaban J connectivity index is 3.42. The van der Waals surface area contributed by atoms with Gasteiger partial charge in [-0.3, -0.25) is 0 Å². The van der Waals surface area contributed by atoms with E-state index in [1.165, 1.54) is 0 Å². The predicted octanol–water partition coefficient (Wildman–Crippen LogP) is 2.78. The van der Waals surface area contributed by atoms with Gasteiger partial charge in [-0.25, -0.2) is 4.98 Å². The molecule has 2 N–H and O–H groups in total. The van der Waals surface area contributed by atoms with Crippen LogP contribution < -0.4 is 5.73 Å². The summed E-state index contributed by atoms with van der Waals surface area (Å²) in [6.45, 7) is 8.20. The number of nitrogens with two attached hydrogens (primary N) is 1. The molecule has 3 heteroatoms. The maximum Gasteiger partial charge on any atom is 0.141 e. The van der Waals surface area contributed by atoms with Gasteiger partial charge >= 0.3 is 0 Å². The molecule has 1 aromatic heterocycles. The van der Waals surface area contributed by atoms with Gasteiger partial charge < -0.3 is 5.73 Å². The molecule has 0 aliphatic rings. The predicted molar refractivity (Wildman–Crippen MR) is 61.5 cm³/mol. The van der Waals surface area contributed by atoms with Crippen LogP contribution in [-0.2, 0) is 0 Å². The molecule has 0 radical (unpaired) electrons. The van der Waals surface area contributed by atoms with Crippen LogP contribution in [-0.4, -0.2) is 4.98 Å². The summed E-state index contributed by atoms with van der Waals surface area (Å²) >= 11 is 0. The van der Waals surface area contributed by atoms with Gasteiger partial charge in [-0.1, -0.05) is 27.7 Å². The second-order valence-electron chi connectivity index (χ2n) is 4.32. The van der Waals surface area contributed by atoms with Crippen LogP contribution in [0.25, 0.3) is 0 Å². The van der Waals surface area contributed by atoms with Crippen molar-refractivity contribution in [1.82, 2.24) is 4.98 Å². The second-order valence-corrected chi connectivity index (χ2v) is 4.32. The number of rotatable bonds is 2. The van der Waals surface area contributed by atoms with E-state index in [-0.39, 0.29) is 5.92 Å². The highest BCUT2D eigenvalue weighted by atomic mass is 14.8. The lowest BCUT2D eigenvalue weighted by Crippen LogP contribution is -2.07. The highest BCUT2D eigenvalue weighted by molar-refractivity contribution is 5.55. The number of hydrogen-bond acceptors (Lipinski definition) is 3. The molecule has 0 spiro atoms. The van der Waals surface area contributed by atoms with Crippen LogP contribution in [0.3, 0.4) is 0 Å². The zero-order valence-corrected chi connectivity index (χ0v) is 9.70. The standard InChI is InChI=1S/C12H17N3/c1-7(2)10-5-9(6-13)15-12(8(3)4)11(10)14/h5,7-8H,14H2,1-4H3. The fourth-order valence-corrected chi connectivity index (χ4v) is 1.57. The Kier molecular flexibility index (Phi) is 3.31. The summed E-state index contributed by atoms with van der Waals surface area (Å²) in [6.07, 6.45) is 0. The zero-order valence-electron chi connectivity index (χ0n) is 9.70. The molecule has 1 aromatic rings. The van der Waals surface area contributed by atoms with E-state index in [4.69, 9.17) is 11.0 Å². The molecule has 3 nitrogen and oxygen atoms in total. The van der Waals surface area contributed by atoms with Crippen molar-refractivity contribution in [3.8, 4) is 6.07 Å². The molecule has 0 saturated heterocycles. The lowest BCUT2D eigenvalue weighted by Gasteiger charge is -2.15. The number of aromatic nitrogens is 1. The van der Waals surface area contributed by atoms with E-state index in [1.807, 2.05) is 13.8 Å². The van der Waals surface area contributed by atoms with Crippen LogP contribution in [0.4, 0.5) is 5.69 Å². The van der Waals surface area contributed by atoms with Crippen molar-refractivity contribution in [1.29, 1.82) is 5.26 Å². The van der Waals surface area contributed by atoms with Crippen molar-refractivity contribution in [2.24, 2.45) is 0 Å². The molecule has 0 saturated carbocycles. The summed E-state index contributed by atoms with van der Waals surface area (Å²) in [4.78, 5) is 4.25. The van der Waals surface area contributed by atoms with E-state index >= 15 is 0 Å². The number of nitrogen functional groups attached to an aromatic ring is 1. The van der Waals surface area contributed by atoms with Gasteiger partial charge in [0, 0.05) is 0 Å². The van der Waals surface area contributed by atoms with Gasteiger partial charge in [0.1, 0.15) is 11.8 Å². The lowest BCUT2D eigenvalue weighted by atomic mass is 9.96. The maximum atomic E-state index is 8.89. The Hall–Kier alpha value is -1.56. The van der Waals surface area contributed by atoms with Crippen LogP contribution in [0.15, 0.2) is 6.07 Å². The molecular formula is C12H17N3. The first-order valence-corrected chi connectivity index (χ1v) is 5.17. The van der Waals surface area contributed by atoms with Crippen LogP contribution in [0.2, 0.25) is 0 Å². The van der Waals surface area contributed by atoms with Gasteiger partial charge in [0.15, 0.2) is 0 Å². The Morgan fingerprint density at radius 2 is 1.87 bits per heavy atom. The Morgan fingerprint density at radius 3 is 2.27 bits per heavy atom. The Bertz CT molecular complexity index is 371. The van der Waals surface area contributed by atoms with Gasteiger partial charge in [-0.15, -0.1) is 0 Å². The maximum absolute atomic E-state index is 8.89. The molecule has 0 aliphatic carbocycles. The van der Waals surface area contributed by atoms with Crippen LogP contribution in [0.1, 0.15) is 56.5 Å². The van der Waals surface area contributed by atoms with Crippen molar-refractivity contribution in [2.75, 3.05) is 5.73 Å². The van der Waals surface area contributed by atoms with E-state index in [0.29, 0.717) is 11.6 Å². The van der Waals surface area contributed by atoms with Crippen molar-refractivity contribution in [2.45, 2.75) is 39.5 Å². The van der Waals surface area contributed by atoms with Gasteiger partial charge in [-0.2, -0.15) is 5.26 Å². The molecule has 15 heavy (non-hydrogen) atoms. The molecule has 80 valence electrons. The zero-order chi connectivity index (χ0) is 11.6. The quantitative estimate of drug-likeness (QED) is 0.803. The minimum atomic E-state index is 0.246. The molecule has 0 aromatic carbocycles. The summed E-state index contributed by atoms with van der Waals surface area (Å²) in [5.74, 6) is 0.563. The van der Waals surface area contributed by atoms with E-state index in [0.717, 1.165) is 16.9 Å². The number of anilines is 1. The first-order chi connectivity index (χ1) is 6.97. The van der Waals surface area contributed by atoms with Crippen LogP contribution in [0, 0.1) is 11.3 Å². The van der Waals surface area contributed by atoms with Crippen molar-refractivity contribution in [3.63, 3.8) is 0 Å². The SMILES string of the molecule is CC(C)c1cc(C#N)nc(C(C)C)c1N. The van der Waals surface area contributed by atoms with Gasteiger partial charge in [0.2, 0.25) is 0 Å². The first-order valence-electron chi connectivity index (χ1n) is 5.17. The van der Waals surface area contributed by atoms with E-state index in [1.54, 1.807) is 6.07 Å². The van der Waals surface area contributed by atoms with Gasteiger partial charge in [-0.05, 0) is 23.5 Å². The summed E-state index contributed by atoms with van der Waals surface area (Å²) < 4.78 is 0. The summed E-state index contributed by atoms with van der Waals surface area (Å²) in [6, 6.07) is 3.86. The molecular weight excluding hydrogens is 186 g/mol. The van der Waals surface area contributed by atoms with Crippen molar-refractivity contribution in [3.05, 3.63) is 23.0 Å². The van der Waals surface area contributed by atoms with E-state index in [2.05, 4.69) is 24.9 Å². The van der Waals surface area contributed by atoms with Crippen LogP contribution >= 0.6 is 0 Å². The van der Waals surface area contributed by atoms with E-state index in [9.17, 15) is 0 Å². The second kappa shape index (κ2) is 4.31. The molecule has 0 aliphatic heterocycles. The smallest absolute Gasteiger partial charge is 0.141 e. The van der Waals surface area contributed by atoms with Gasteiger partial charge in [0.05, 0.1) is 11.4 Å². The van der Waals surface area contributed by atoms with E-state index < -0.39 is 0 Å². The van der Waals surface area contributed by atoms with Crippen molar-refractivity contribution < 1.29 is 0 Å². The highest BCUT2D eigenvalue weighted by Crippen LogP contribution is 2.28. The number of hydrogen-bond donors (Lipinski definition) is 1. The van der Waals surface area contributed by atoms with Gasteiger partial charge in [0.25, 0.3) is 0 Å². The summed E-state index contributed by atoms with van der Waals surface area (Å²) in [5.41, 5.74) is 9.08. The minimum Gasteiger partial charge on any atom is -0.397 e. The molecule has 1 rings (SSSR count). The topological polar surface area (TPSA) is 62.7 Å². The third-order valence-electron chi connectivity index (χ3n) is 2.40. The fraction of sp³-hybridized carbons (Fsp3) is 0.500. The third-order valence-corrected chi connectivity index (χ3v) is 2.40. The average Bonchev–Trinajstić information content (AvgIpc) is 2.17.